The van der Waals surface area contributed by atoms with E-state index in [1.165, 1.54) is 0 Å². The number of aromatic nitrogens is 4. The van der Waals surface area contributed by atoms with Crippen molar-refractivity contribution in [2.45, 2.75) is 20.4 Å². The lowest BCUT2D eigenvalue weighted by Crippen LogP contribution is -2.22. The van der Waals surface area contributed by atoms with Gasteiger partial charge in [0.15, 0.2) is 5.76 Å². The van der Waals surface area contributed by atoms with Gasteiger partial charge in [0.1, 0.15) is 11.5 Å². The minimum Gasteiger partial charge on any atom is -0.359 e. The molecule has 3 aromatic rings. The molecule has 25 heavy (non-hydrogen) atoms. The van der Waals surface area contributed by atoms with Gasteiger partial charge in [0, 0.05) is 56.4 Å². The topological polar surface area (TPSA) is 71.2 Å². The van der Waals surface area contributed by atoms with Crippen LogP contribution in [0.25, 0.3) is 11.3 Å². The lowest BCUT2D eigenvalue weighted by molar-refractivity contribution is 0.384. The quantitative estimate of drug-likeness (QED) is 0.708. The lowest BCUT2D eigenvalue weighted by Gasteiger charge is -2.22. The van der Waals surface area contributed by atoms with Gasteiger partial charge >= 0.3 is 0 Å². The highest BCUT2D eigenvalue weighted by atomic mass is 16.5. The number of hydrogen-bond acceptors (Lipinski definition) is 7. The van der Waals surface area contributed by atoms with Gasteiger partial charge in [0.05, 0.1) is 6.54 Å². The van der Waals surface area contributed by atoms with E-state index < -0.39 is 0 Å². The van der Waals surface area contributed by atoms with E-state index in [1.807, 2.05) is 63.0 Å². The van der Waals surface area contributed by atoms with Crippen molar-refractivity contribution in [2.24, 2.45) is 0 Å². The summed E-state index contributed by atoms with van der Waals surface area (Å²) in [7, 11) is 5.86. The molecule has 0 aromatic carbocycles. The molecule has 0 saturated heterocycles. The predicted octanol–water partition coefficient (Wildman–Crippen LogP) is 2.85. The molecule has 3 rings (SSSR count). The average molecular weight is 338 g/mol. The maximum Gasteiger partial charge on any atom is 0.227 e. The van der Waals surface area contributed by atoms with Crippen molar-refractivity contribution in [1.29, 1.82) is 0 Å². The van der Waals surface area contributed by atoms with Crippen LogP contribution in [-0.4, -0.2) is 41.3 Å². The van der Waals surface area contributed by atoms with Crippen molar-refractivity contribution < 1.29 is 4.52 Å². The molecule has 130 valence electrons. The molecule has 0 bridgehead atoms. The van der Waals surface area contributed by atoms with Crippen LogP contribution in [0.1, 0.15) is 17.0 Å². The second-order valence-corrected chi connectivity index (χ2v) is 6.22. The molecule has 0 radical (unpaired) electrons. The van der Waals surface area contributed by atoms with Crippen LogP contribution >= 0.6 is 0 Å². The smallest absolute Gasteiger partial charge is 0.227 e. The summed E-state index contributed by atoms with van der Waals surface area (Å²) in [5, 5.41) is 4.15. The first-order valence-electron chi connectivity index (χ1n) is 8.05. The van der Waals surface area contributed by atoms with Crippen molar-refractivity contribution in [1.82, 2.24) is 20.1 Å². The van der Waals surface area contributed by atoms with Crippen LogP contribution in [0.3, 0.4) is 0 Å². The van der Waals surface area contributed by atoms with Gasteiger partial charge in [0.2, 0.25) is 5.95 Å². The van der Waals surface area contributed by atoms with Gasteiger partial charge < -0.3 is 14.3 Å². The molecule has 7 heteroatoms. The summed E-state index contributed by atoms with van der Waals surface area (Å²) in [6.45, 7) is 4.60. The monoisotopic (exact) mass is 338 g/mol. The molecule has 0 aliphatic rings. The fourth-order valence-corrected chi connectivity index (χ4v) is 2.53. The zero-order chi connectivity index (χ0) is 18.0. The van der Waals surface area contributed by atoms with E-state index >= 15 is 0 Å². The van der Waals surface area contributed by atoms with Crippen LogP contribution in [-0.2, 0) is 6.54 Å². The number of rotatable bonds is 5. The van der Waals surface area contributed by atoms with E-state index in [4.69, 9.17) is 4.52 Å². The van der Waals surface area contributed by atoms with Crippen LogP contribution in [0.5, 0.6) is 0 Å². The standard InChI is InChI=1S/C18H22N6O/c1-12-13(2)20-18(23(3)4)21-17(12)24(5)11-15-10-16(22-25-15)14-6-8-19-9-7-14/h6-10H,11H2,1-5H3. The van der Waals surface area contributed by atoms with Crippen LogP contribution in [0, 0.1) is 13.8 Å². The largest absolute Gasteiger partial charge is 0.359 e. The number of nitrogens with zero attached hydrogens (tertiary/aromatic N) is 6. The number of aryl methyl sites for hydroxylation is 1. The van der Waals surface area contributed by atoms with E-state index in [-0.39, 0.29) is 0 Å². The summed E-state index contributed by atoms with van der Waals surface area (Å²) < 4.78 is 5.49. The third-order valence-electron chi connectivity index (χ3n) is 4.04. The zero-order valence-electron chi connectivity index (χ0n) is 15.2. The van der Waals surface area contributed by atoms with Gasteiger partial charge in [-0.2, -0.15) is 4.98 Å². The maximum absolute atomic E-state index is 5.49. The molecule has 0 N–H and O–H groups in total. The van der Waals surface area contributed by atoms with Gasteiger partial charge in [-0.1, -0.05) is 5.16 Å². The summed E-state index contributed by atoms with van der Waals surface area (Å²) in [6, 6.07) is 5.77. The highest BCUT2D eigenvalue weighted by Crippen LogP contribution is 2.24. The number of hydrogen-bond donors (Lipinski definition) is 0. The van der Waals surface area contributed by atoms with Gasteiger partial charge in [0.25, 0.3) is 0 Å². The molecule has 3 heterocycles. The minimum atomic E-state index is 0.572. The van der Waals surface area contributed by atoms with Gasteiger partial charge in [-0.15, -0.1) is 0 Å². The molecule has 0 saturated carbocycles. The first-order valence-corrected chi connectivity index (χ1v) is 8.05. The molecule has 0 aliphatic heterocycles. The Kier molecular flexibility index (Phi) is 4.65. The summed E-state index contributed by atoms with van der Waals surface area (Å²) in [5.41, 5.74) is 3.81. The Morgan fingerprint density at radius 1 is 1.04 bits per heavy atom. The second kappa shape index (κ2) is 6.88. The molecule has 0 atom stereocenters. The van der Waals surface area contributed by atoms with Crippen molar-refractivity contribution in [3.63, 3.8) is 0 Å². The maximum atomic E-state index is 5.49. The summed E-state index contributed by atoms with van der Waals surface area (Å²) >= 11 is 0. The SMILES string of the molecule is Cc1nc(N(C)C)nc(N(C)Cc2cc(-c3ccncc3)no2)c1C. The molecular formula is C18H22N6O. The van der Waals surface area contributed by atoms with E-state index in [9.17, 15) is 0 Å². The van der Waals surface area contributed by atoms with Crippen molar-refractivity contribution in [3.8, 4) is 11.3 Å². The number of pyridine rings is 1. The van der Waals surface area contributed by atoms with E-state index in [2.05, 4.69) is 20.1 Å². The lowest BCUT2D eigenvalue weighted by atomic mass is 10.2. The molecular weight excluding hydrogens is 316 g/mol. The van der Waals surface area contributed by atoms with Crippen molar-refractivity contribution in [2.75, 3.05) is 30.9 Å². The van der Waals surface area contributed by atoms with Crippen molar-refractivity contribution in [3.05, 3.63) is 47.6 Å². The Bertz CT molecular complexity index is 859. The summed E-state index contributed by atoms with van der Waals surface area (Å²) in [6.07, 6.45) is 3.48. The Morgan fingerprint density at radius 3 is 2.44 bits per heavy atom. The van der Waals surface area contributed by atoms with Gasteiger partial charge in [-0.3, -0.25) is 4.98 Å². The van der Waals surface area contributed by atoms with E-state index in [1.54, 1.807) is 12.4 Å². The molecule has 0 amide bonds. The van der Waals surface area contributed by atoms with Crippen LogP contribution in [0.2, 0.25) is 0 Å². The highest BCUT2D eigenvalue weighted by molar-refractivity contribution is 5.58. The Hall–Kier alpha value is -2.96. The van der Waals surface area contributed by atoms with Gasteiger partial charge in [-0.05, 0) is 26.0 Å². The fourth-order valence-electron chi connectivity index (χ4n) is 2.53. The first kappa shape index (κ1) is 16.9. The molecule has 0 unspecified atom stereocenters. The van der Waals surface area contributed by atoms with Crippen LogP contribution < -0.4 is 9.80 Å². The Morgan fingerprint density at radius 2 is 1.76 bits per heavy atom. The molecule has 0 fully saturated rings. The fraction of sp³-hybridized carbons (Fsp3) is 0.333. The zero-order valence-corrected chi connectivity index (χ0v) is 15.2. The molecule has 0 aliphatic carbocycles. The van der Waals surface area contributed by atoms with Crippen molar-refractivity contribution >= 4 is 11.8 Å². The van der Waals surface area contributed by atoms with Gasteiger partial charge in [-0.25, -0.2) is 4.98 Å². The number of anilines is 2. The van der Waals surface area contributed by atoms with E-state index in [0.717, 1.165) is 34.1 Å². The predicted molar refractivity (Wildman–Crippen MR) is 97.7 cm³/mol. The minimum absolute atomic E-state index is 0.572. The molecule has 0 spiro atoms. The van der Waals surface area contributed by atoms with E-state index in [0.29, 0.717) is 12.5 Å². The Labute approximate surface area is 147 Å². The van der Waals surface area contributed by atoms with Crippen LogP contribution in [0.4, 0.5) is 11.8 Å². The average Bonchev–Trinajstić information content (AvgIpc) is 3.06. The summed E-state index contributed by atoms with van der Waals surface area (Å²) in [5.74, 6) is 2.36. The first-order chi connectivity index (χ1) is 12.0. The van der Waals surface area contributed by atoms with Crippen LogP contribution in [0.15, 0.2) is 35.1 Å². The molecule has 7 nitrogen and oxygen atoms in total. The Balaban J connectivity index is 1.83. The highest BCUT2D eigenvalue weighted by Gasteiger charge is 2.15. The summed E-state index contributed by atoms with van der Waals surface area (Å²) in [4.78, 5) is 17.1. The molecule has 3 aromatic heterocycles. The third kappa shape index (κ3) is 3.60. The normalized spacial score (nSPS) is 10.8. The third-order valence-corrected chi connectivity index (χ3v) is 4.04. The second-order valence-electron chi connectivity index (χ2n) is 6.22.